The molecule has 1 aromatic carbocycles. The van der Waals surface area contributed by atoms with Crippen LogP contribution in [0.3, 0.4) is 0 Å². The van der Waals surface area contributed by atoms with Gasteiger partial charge in [-0.2, -0.15) is 0 Å². The van der Waals surface area contributed by atoms with Gasteiger partial charge in [0, 0.05) is 46.5 Å². The van der Waals surface area contributed by atoms with E-state index in [1.807, 2.05) is 0 Å². The summed E-state index contributed by atoms with van der Waals surface area (Å²) in [6.45, 7) is 0.984. The number of imidazole rings is 1. The molecular weight excluding hydrogens is 520 g/mol. The molecule has 0 spiro atoms. The number of rotatable bonds is 4. The van der Waals surface area contributed by atoms with Crippen molar-refractivity contribution in [3.05, 3.63) is 52.0 Å². The summed E-state index contributed by atoms with van der Waals surface area (Å²) in [6.07, 6.45) is 1.13. The van der Waals surface area contributed by atoms with Crippen LogP contribution in [0.2, 0.25) is 10.0 Å². The monoisotopic (exact) mass is 535 g/mol. The molecule has 1 amide bonds. The van der Waals surface area contributed by atoms with Crippen molar-refractivity contribution in [2.75, 3.05) is 26.8 Å². The predicted octanol–water partition coefficient (Wildman–Crippen LogP) is 4.38. The Balaban J connectivity index is 1.81. The van der Waals surface area contributed by atoms with E-state index in [1.54, 1.807) is 22.7 Å². The Hall–Kier alpha value is -2.11. The molecule has 0 aliphatic carbocycles. The van der Waals surface area contributed by atoms with Gasteiger partial charge in [0.15, 0.2) is 0 Å². The van der Waals surface area contributed by atoms with Crippen LogP contribution in [0.4, 0.5) is 9.18 Å². The molecule has 4 rings (SSSR count). The van der Waals surface area contributed by atoms with E-state index < -0.39 is 32.0 Å². The first-order chi connectivity index (χ1) is 15.6. The average Bonchev–Trinajstić information content (AvgIpc) is 3.10. The van der Waals surface area contributed by atoms with Gasteiger partial charge in [-0.25, -0.2) is 22.6 Å². The molecule has 1 aliphatic heterocycles. The van der Waals surface area contributed by atoms with Crippen molar-refractivity contribution in [2.24, 2.45) is 0 Å². The van der Waals surface area contributed by atoms with Crippen molar-refractivity contribution in [3.8, 4) is 11.3 Å². The van der Waals surface area contributed by atoms with Crippen molar-refractivity contribution in [3.63, 3.8) is 0 Å². The minimum atomic E-state index is -4.33. The Morgan fingerprint density at radius 1 is 1.33 bits per heavy atom. The largest absolute Gasteiger partial charge is 0.453 e. The van der Waals surface area contributed by atoms with Crippen LogP contribution in [-0.2, 0) is 24.9 Å². The Morgan fingerprint density at radius 2 is 2.09 bits per heavy atom. The molecular formula is C20H17Cl3FN3O5S. The van der Waals surface area contributed by atoms with Crippen LogP contribution in [0.5, 0.6) is 0 Å². The number of carbonyl (C=O) groups is 1. The molecule has 176 valence electrons. The lowest BCUT2D eigenvalue weighted by molar-refractivity contribution is -0.0241. The summed E-state index contributed by atoms with van der Waals surface area (Å²) >= 11 is 12.4. The lowest BCUT2D eigenvalue weighted by atomic mass is 10.0. The molecule has 0 bridgehead atoms. The quantitative estimate of drug-likeness (QED) is 0.460. The topological polar surface area (TPSA) is 90.2 Å². The Bertz CT molecular complexity index is 1350. The van der Waals surface area contributed by atoms with E-state index in [4.69, 9.17) is 43.4 Å². The summed E-state index contributed by atoms with van der Waals surface area (Å²) < 4.78 is 50.3. The molecule has 2 aromatic heterocycles. The van der Waals surface area contributed by atoms with Gasteiger partial charge in [0.25, 0.3) is 9.05 Å². The van der Waals surface area contributed by atoms with Gasteiger partial charge >= 0.3 is 6.09 Å². The van der Waals surface area contributed by atoms with Gasteiger partial charge < -0.3 is 18.8 Å². The zero-order valence-corrected chi connectivity index (χ0v) is 20.2. The van der Waals surface area contributed by atoms with E-state index in [0.29, 0.717) is 41.6 Å². The first-order valence-electron chi connectivity index (χ1n) is 9.63. The van der Waals surface area contributed by atoms with Crippen molar-refractivity contribution >= 4 is 54.7 Å². The number of amides is 1. The summed E-state index contributed by atoms with van der Waals surface area (Å²) in [7, 11) is 2.28. The summed E-state index contributed by atoms with van der Waals surface area (Å²) in [6, 6.07) is 5.22. The molecule has 0 unspecified atom stereocenters. The number of pyridine rings is 1. The first kappa shape index (κ1) is 24.0. The molecule has 0 radical (unpaired) electrons. The second-order valence-corrected chi connectivity index (χ2v) is 10.7. The van der Waals surface area contributed by atoms with Gasteiger partial charge in [0.05, 0.1) is 42.8 Å². The van der Waals surface area contributed by atoms with Crippen LogP contribution in [0.1, 0.15) is 5.69 Å². The van der Waals surface area contributed by atoms with E-state index in [-0.39, 0.29) is 17.1 Å². The number of morpholine rings is 1. The van der Waals surface area contributed by atoms with Gasteiger partial charge in [-0.15, -0.1) is 0 Å². The van der Waals surface area contributed by atoms with Crippen molar-refractivity contribution in [1.82, 2.24) is 14.3 Å². The normalized spacial score (nSPS) is 16.9. The standard InChI is InChI=1S/C20H17Cl3FN3O5S/c1-31-20(28)26-4-5-32-12(10-26)7-16-19(25-18-6-11(21)2-3-27(16)18)13-8-15(24)17(9-14(13)22)33(23,29)30/h2-3,6,8-9,12H,4-5,7,10H2,1H3/t12-/m0/s1. The number of ether oxygens (including phenoxy) is 2. The van der Waals surface area contributed by atoms with Crippen LogP contribution < -0.4 is 0 Å². The highest BCUT2D eigenvalue weighted by molar-refractivity contribution is 8.13. The molecule has 8 nitrogen and oxygen atoms in total. The fourth-order valence-electron chi connectivity index (χ4n) is 3.73. The highest BCUT2D eigenvalue weighted by Crippen LogP contribution is 2.36. The predicted molar refractivity (Wildman–Crippen MR) is 121 cm³/mol. The molecule has 1 atom stereocenters. The van der Waals surface area contributed by atoms with Crippen molar-refractivity contribution in [1.29, 1.82) is 0 Å². The molecule has 1 fully saturated rings. The zero-order chi connectivity index (χ0) is 23.9. The second kappa shape index (κ2) is 9.27. The minimum Gasteiger partial charge on any atom is -0.453 e. The Kier molecular flexibility index (Phi) is 6.75. The van der Waals surface area contributed by atoms with E-state index in [2.05, 4.69) is 4.98 Å². The molecule has 3 aromatic rings. The summed E-state index contributed by atoms with van der Waals surface area (Å²) in [5.74, 6) is -1.06. The number of aromatic nitrogens is 2. The van der Waals surface area contributed by atoms with E-state index in [1.165, 1.54) is 12.0 Å². The SMILES string of the molecule is COC(=O)N1CCO[C@@H](Cc2c(-c3cc(F)c(S(=O)(=O)Cl)cc3Cl)nc3cc(Cl)ccn23)C1. The lowest BCUT2D eigenvalue weighted by Gasteiger charge is -2.32. The second-order valence-electron chi connectivity index (χ2n) is 7.29. The van der Waals surface area contributed by atoms with Gasteiger partial charge in [0.1, 0.15) is 16.4 Å². The number of hydrogen-bond donors (Lipinski definition) is 0. The van der Waals surface area contributed by atoms with Crippen molar-refractivity contribution in [2.45, 2.75) is 17.4 Å². The minimum absolute atomic E-state index is 0.0490. The van der Waals surface area contributed by atoms with Crippen LogP contribution >= 0.6 is 33.9 Å². The van der Waals surface area contributed by atoms with Crippen LogP contribution in [0.15, 0.2) is 35.4 Å². The maximum Gasteiger partial charge on any atom is 0.409 e. The maximum atomic E-state index is 14.6. The number of benzene rings is 1. The molecule has 3 heterocycles. The lowest BCUT2D eigenvalue weighted by Crippen LogP contribution is -2.46. The molecule has 0 N–H and O–H groups in total. The van der Waals surface area contributed by atoms with Crippen molar-refractivity contribution < 1.29 is 27.1 Å². The smallest absolute Gasteiger partial charge is 0.409 e. The molecule has 13 heteroatoms. The van der Waals surface area contributed by atoms with Gasteiger partial charge in [-0.05, 0) is 18.2 Å². The van der Waals surface area contributed by atoms with E-state index >= 15 is 0 Å². The van der Waals surface area contributed by atoms with E-state index in [0.717, 1.165) is 12.1 Å². The maximum absolute atomic E-state index is 14.6. The fraction of sp³-hybridized carbons (Fsp3) is 0.300. The molecule has 0 saturated carbocycles. The number of hydrogen-bond acceptors (Lipinski definition) is 6. The number of fused-ring (bicyclic) bond motifs is 1. The third-order valence-corrected chi connectivity index (χ3v) is 7.10. The first-order valence-corrected chi connectivity index (χ1v) is 12.7. The van der Waals surface area contributed by atoms with Gasteiger partial charge in [-0.3, -0.25) is 0 Å². The van der Waals surface area contributed by atoms with Crippen LogP contribution in [0, 0.1) is 5.82 Å². The molecule has 1 saturated heterocycles. The summed E-state index contributed by atoms with van der Waals surface area (Å²) in [4.78, 5) is 17.3. The molecule has 1 aliphatic rings. The highest BCUT2D eigenvalue weighted by Gasteiger charge is 2.29. The third-order valence-electron chi connectivity index (χ3n) is 5.22. The fourth-order valence-corrected chi connectivity index (χ4v) is 5.11. The number of methoxy groups -OCH3 is 1. The van der Waals surface area contributed by atoms with Crippen LogP contribution in [-0.4, -0.2) is 61.7 Å². The number of carbonyl (C=O) groups excluding carboxylic acids is 1. The van der Waals surface area contributed by atoms with Crippen LogP contribution in [0.25, 0.3) is 16.9 Å². The highest BCUT2D eigenvalue weighted by atomic mass is 35.7. The Morgan fingerprint density at radius 3 is 2.79 bits per heavy atom. The summed E-state index contributed by atoms with van der Waals surface area (Å²) in [5.41, 5.74) is 1.58. The summed E-state index contributed by atoms with van der Waals surface area (Å²) in [5, 5.41) is 0.393. The van der Waals surface area contributed by atoms with E-state index in [9.17, 15) is 17.6 Å². The number of halogens is 4. The average molecular weight is 537 g/mol. The van der Waals surface area contributed by atoms with Gasteiger partial charge in [0.2, 0.25) is 0 Å². The number of nitrogens with zero attached hydrogens (tertiary/aromatic N) is 3. The molecule has 33 heavy (non-hydrogen) atoms. The third kappa shape index (κ3) is 4.90. The Labute approximate surface area is 203 Å². The zero-order valence-electron chi connectivity index (χ0n) is 17.1. The van der Waals surface area contributed by atoms with Gasteiger partial charge in [-0.1, -0.05) is 23.2 Å².